The summed E-state index contributed by atoms with van der Waals surface area (Å²) in [5.41, 5.74) is 2.44. The van der Waals surface area contributed by atoms with Gasteiger partial charge in [0, 0.05) is 5.56 Å². The van der Waals surface area contributed by atoms with Crippen LogP contribution in [0.3, 0.4) is 0 Å². The van der Waals surface area contributed by atoms with Crippen molar-refractivity contribution in [2.24, 2.45) is 0 Å². The smallest absolute Gasteiger partial charge is 0.340 e. The lowest BCUT2D eigenvalue weighted by Gasteiger charge is -2.14. The van der Waals surface area contributed by atoms with Crippen LogP contribution in [0.4, 0.5) is 0 Å². The quantitative estimate of drug-likeness (QED) is 0.526. The zero-order valence-corrected chi connectivity index (χ0v) is 15.0. The fourth-order valence-electron chi connectivity index (χ4n) is 2.52. The third kappa shape index (κ3) is 4.45. The third-order valence-electron chi connectivity index (χ3n) is 3.89. The first-order valence-corrected chi connectivity index (χ1v) is 8.10. The maximum atomic E-state index is 11.7. The van der Waals surface area contributed by atoms with Crippen LogP contribution in [0.5, 0.6) is 17.2 Å². The average molecular weight is 354 g/mol. The molecule has 0 radical (unpaired) electrons. The molecular weight excluding hydrogens is 332 g/mol. The third-order valence-corrected chi connectivity index (χ3v) is 3.89. The number of hydrogen-bond acceptors (Lipinski definition) is 4. The molecule has 5 nitrogen and oxygen atoms in total. The SMILES string of the molecule is COc1cc(/C=C/c2ccc(O)cc2)c(C(=O)O)c(O)c1CC=C(C)C. The number of rotatable bonds is 6. The van der Waals surface area contributed by atoms with Gasteiger partial charge in [0.05, 0.1) is 7.11 Å². The van der Waals surface area contributed by atoms with Crippen LogP contribution in [0, 0.1) is 0 Å². The molecule has 0 heterocycles. The van der Waals surface area contributed by atoms with Crippen LogP contribution in [0.1, 0.15) is 40.9 Å². The van der Waals surface area contributed by atoms with Crippen molar-refractivity contribution in [1.82, 2.24) is 0 Å². The van der Waals surface area contributed by atoms with Crippen LogP contribution < -0.4 is 4.74 Å². The van der Waals surface area contributed by atoms with E-state index in [9.17, 15) is 20.1 Å². The molecular formula is C21H22O5. The van der Waals surface area contributed by atoms with Crippen molar-refractivity contribution in [3.63, 3.8) is 0 Å². The van der Waals surface area contributed by atoms with Gasteiger partial charge in [0.1, 0.15) is 22.8 Å². The van der Waals surface area contributed by atoms with E-state index >= 15 is 0 Å². The predicted molar refractivity (Wildman–Crippen MR) is 102 cm³/mol. The van der Waals surface area contributed by atoms with Gasteiger partial charge in [-0.2, -0.15) is 0 Å². The second-order valence-corrected chi connectivity index (χ2v) is 6.09. The number of benzene rings is 2. The Bertz CT molecular complexity index is 857. The summed E-state index contributed by atoms with van der Waals surface area (Å²) < 4.78 is 5.35. The number of hydrogen-bond donors (Lipinski definition) is 3. The van der Waals surface area contributed by atoms with Gasteiger partial charge in [-0.1, -0.05) is 35.9 Å². The first-order valence-electron chi connectivity index (χ1n) is 8.10. The van der Waals surface area contributed by atoms with Gasteiger partial charge in [-0.15, -0.1) is 0 Å². The minimum atomic E-state index is -1.21. The molecule has 0 unspecified atom stereocenters. The summed E-state index contributed by atoms with van der Waals surface area (Å²) in [5.74, 6) is -0.930. The minimum Gasteiger partial charge on any atom is -0.508 e. The highest BCUT2D eigenvalue weighted by Gasteiger charge is 2.21. The van der Waals surface area contributed by atoms with Gasteiger partial charge in [-0.3, -0.25) is 0 Å². The number of carboxylic acid groups (broad SMARTS) is 1. The van der Waals surface area contributed by atoms with Crippen LogP contribution in [0.2, 0.25) is 0 Å². The number of phenolic OH excluding ortho intramolecular Hbond substituents is 1. The first kappa shape index (κ1) is 19.1. The molecule has 0 saturated carbocycles. The van der Waals surface area contributed by atoms with Crippen molar-refractivity contribution in [2.75, 3.05) is 7.11 Å². The monoisotopic (exact) mass is 354 g/mol. The molecule has 0 bridgehead atoms. The van der Waals surface area contributed by atoms with Crippen molar-refractivity contribution in [3.05, 3.63) is 64.2 Å². The van der Waals surface area contributed by atoms with Crippen molar-refractivity contribution in [2.45, 2.75) is 20.3 Å². The number of ether oxygens (including phenoxy) is 1. The number of aromatic hydroxyl groups is 2. The number of methoxy groups -OCH3 is 1. The van der Waals surface area contributed by atoms with Gasteiger partial charge in [0.25, 0.3) is 0 Å². The fourth-order valence-corrected chi connectivity index (χ4v) is 2.52. The predicted octanol–water partition coefficient (Wildman–Crippen LogP) is 4.48. The second kappa shape index (κ2) is 8.25. The van der Waals surface area contributed by atoms with Gasteiger partial charge in [-0.25, -0.2) is 4.79 Å². The van der Waals surface area contributed by atoms with Crippen LogP contribution in [-0.4, -0.2) is 28.4 Å². The summed E-state index contributed by atoms with van der Waals surface area (Å²) in [5, 5.41) is 29.4. The van der Waals surface area contributed by atoms with E-state index < -0.39 is 5.97 Å². The molecule has 0 fully saturated rings. The molecule has 0 aliphatic heterocycles. The lowest BCUT2D eigenvalue weighted by atomic mass is 9.97. The molecule has 0 saturated heterocycles. The Morgan fingerprint density at radius 3 is 2.31 bits per heavy atom. The van der Waals surface area contributed by atoms with Crippen molar-refractivity contribution < 1.29 is 24.9 Å². The van der Waals surface area contributed by atoms with Crippen molar-refractivity contribution in [3.8, 4) is 17.2 Å². The van der Waals surface area contributed by atoms with E-state index in [-0.39, 0.29) is 17.1 Å². The largest absolute Gasteiger partial charge is 0.508 e. The van der Waals surface area contributed by atoms with Crippen LogP contribution in [-0.2, 0) is 6.42 Å². The van der Waals surface area contributed by atoms with Gasteiger partial charge in [-0.05, 0) is 49.6 Å². The molecule has 2 aromatic rings. The Balaban J connectivity index is 2.54. The highest BCUT2D eigenvalue weighted by atomic mass is 16.5. The molecule has 0 aliphatic carbocycles. The molecule has 0 aliphatic rings. The number of phenols is 2. The minimum absolute atomic E-state index is 0.149. The van der Waals surface area contributed by atoms with Crippen LogP contribution in [0.15, 0.2) is 42.0 Å². The number of carboxylic acids is 1. The molecule has 0 spiro atoms. The van der Waals surface area contributed by atoms with E-state index in [1.165, 1.54) is 7.11 Å². The number of aromatic carboxylic acids is 1. The second-order valence-electron chi connectivity index (χ2n) is 6.09. The Kier molecular flexibility index (Phi) is 6.07. The summed E-state index contributed by atoms with van der Waals surface area (Å²) in [7, 11) is 1.48. The van der Waals surface area contributed by atoms with Gasteiger partial charge < -0.3 is 20.1 Å². The summed E-state index contributed by atoms with van der Waals surface area (Å²) >= 11 is 0. The summed E-state index contributed by atoms with van der Waals surface area (Å²) in [6, 6.07) is 8.09. The van der Waals surface area contributed by atoms with Gasteiger partial charge in [0.2, 0.25) is 0 Å². The Morgan fingerprint density at radius 2 is 1.77 bits per heavy atom. The summed E-state index contributed by atoms with van der Waals surface area (Å²) in [6.07, 6.45) is 5.58. The molecule has 26 heavy (non-hydrogen) atoms. The van der Waals surface area contributed by atoms with Gasteiger partial charge >= 0.3 is 5.97 Å². The number of allylic oxidation sites excluding steroid dienone is 2. The standard InChI is InChI=1S/C21H22O5/c1-13(2)4-11-17-18(26-3)12-15(19(20(17)23)21(24)25)8-5-14-6-9-16(22)10-7-14/h4-10,12,22-23H,11H2,1-3H3,(H,24,25)/b8-5+. The fraction of sp³-hybridized carbons (Fsp3) is 0.190. The maximum Gasteiger partial charge on any atom is 0.340 e. The number of carbonyl (C=O) groups is 1. The summed E-state index contributed by atoms with van der Waals surface area (Å²) in [4.78, 5) is 11.7. The Morgan fingerprint density at radius 1 is 1.12 bits per heavy atom. The van der Waals surface area contributed by atoms with E-state index in [1.807, 2.05) is 19.9 Å². The van der Waals surface area contributed by atoms with Crippen LogP contribution in [0.25, 0.3) is 12.2 Å². The van der Waals surface area contributed by atoms with E-state index in [0.717, 1.165) is 11.1 Å². The molecule has 0 amide bonds. The average Bonchev–Trinajstić information content (AvgIpc) is 2.59. The zero-order chi connectivity index (χ0) is 19.3. The maximum absolute atomic E-state index is 11.7. The molecule has 136 valence electrons. The topological polar surface area (TPSA) is 87.0 Å². The normalized spacial score (nSPS) is 10.7. The highest BCUT2D eigenvalue weighted by molar-refractivity contribution is 5.97. The first-order chi connectivity index (χ1) is 12.3. The van der Waals surface area contributed by atoms with Crippen LogP contribution >= 0.6 is 0 Å². The van der Waals surface area contributed by atoms with E-state index in [1.54, 1.807) is 42.5 Å². The molecule has 0 atom stereocenters. The molecule has 0 aromatic heterocycles. The lowest BCUT2D eigenvalue weighted by molar-refractivity contribution is 0.0693. The van der Waals surface area contributed by atoms with Gasteiger partial charge in [0.15, 0.2) is 0 Å². The van der Waals surface area contributed by atoms with E-state index in [0.29, 0.717) is 23.3 Å². The molecule has 3 N–H and O–H groups in total. The molecule has 5 heteroatoms. The Hall–Kier alpha value is -3.21. The molecule has 2 aromatic carbocycles. The lowest BCUT2D eigenvalue weighted by Crippen LogP contribution is -2.04. The highest BCUT2D eigenvalue weighted by Crippen LogP contribution is 2.36. The van der Waals surface area contributed by atoms with Crippen molar-refractivity contribution in [1.29, 1.82) is 0 Å². The van der Waals surface area contributed by atoms with Crippen molar-refractivity contribution >= 4 is 18.1 Å². The molecule has 2 rings (SSSR count). The van der Waals surface area contributed by atoms with E-state index in [2.05, 4.69) is 0 Å². The summed E-state index contributed by atoms with van der Waals surface area (Å²) in [6.45, 7) is 3.85. The Labute approximate surface area is 152 Å². The zero-order valence-electron chi connectivity index (χ0n) is 15.0. The van der Waals surface area contributed by atoms with E-state index in [4.69, 9.17) is 4.74 Å².